The van der Waals surface area contributed by atoms with E-state index < -0.39 is 11.3 Å². The summed E-state index contributed by atoms with van der Waals surface area (Å²) in [7, 11) is 0. The van der Waals surface area contributed by atoms with E-state index in [0.717, 1.165) is 22.5 Å². The molecule has 10 nitrogen and oxygen atoms in total. The summed E-state index contributed by atoms with van der Waals surface area (Å²) < 4.78 is 1.24. The van der Waals surface area contributed by atoms with Crippen LogP contribution >= 0.6 is 0 Å². The van der Waals surface area contributed by atoms with Crippen LogP contribution in [0.3, 0.4) is 0 Å². The Balaban J connectivity index is 2.40. The summed E-state index contributed by atoms with van der Waals surface area (Å²) in [4.78, 5) is 18.8. The predicted molar refractivity (Wildman–Crippen MR) is 124 cm³/mol. The van der Waals surface area contributed by atoms with E-state index in [1.807, 2.05) is 29.7 Å². The molecule has 1 aromatic rings. The zero-order valence-electron chi connectivity index (χ0n) is 20.2. The SMILES string of the molecule is CC1=C(C)N(C(C)(C)C)C(/[N+](O)=C/c2cccc(CN=C(N)N[N+](=O)[O-])c2)N1C(C)(C)C. The lowest BCUT2D eigenvalue weighted by Gasteiger charge is -2.41. The molecular weight excluding hydrogens is 410 g/mol. The first-order valence-corrected chi connectivity index (χ1v) is 10.5. The Kier molecular flexibility index (Phi) is 7.06. The maximum absolute atomic E-state index is 11.2. The highest BCUT2D eigenvalue weighted by atomic mass is 16.7. The molecule has 0 unspecified atom stereocenters. The number of hydrazine groups is 1. The quantitative estimate of drug-likeness (QED) is 0.159. The maximum atomic E-state index is 11.2. The molecule has 0 aliphatic carbocycles. The lowest BCUT2D eigenvalue weighted by molar-refractivity contribution is -0.822. The molecule has 0 spiro atoms. The fourth-order valence-corrected chi connectivity index (χ4v) is 4.04. The van der Waals surface area contributed by atoms with Gasteiger partial charge in [-0.05, 0) is 73.1 Å². The van der Waals surface area contributed by atoms with E-state index in [9.17, 15) is 15.3 Å². The summed E-state index contributed by atoms with van der Waals surface area (Å²) in [6.07, 6.45) is 1.26. The molecule has 1 heterocycles. The number of hydroxylamine groups is 1. The van der Waals surface area contributed by atoms with Gasteiger partial charge in [-0.1, -0.05) is 17.6 Å². The van der Waals surface area contributed by atoms with Crippen LogP contribution in [0, 0.1) is 10.1 Å². The van der Waals surface area contributed by atoms with Gasteiger partial charge in [-0.25, -0.2) is 15.1 Å². The minimum Gasteiger partial charge on any atom is -0.365 e. The van der Waals surface area contributed by atoms with Gasteiger partial charge in [-0.2, -0.15) is 0 Å². The third-order valence-electron chi connectivity index (χ3n) is 5.26. The first-order valence-electron chi connectivity index (χ1n) is 10.5. The molecule has 1 aromatic carbocycles. The standard InChI is InChI=1S/C22H36N7O3/c1-15-16(2)28(22(6,7)8)20(27(15)21(3,4)5)26(30)14-18-11-9-10-17(12-18)13-24-19(23)25-29(31)32/h9-12,14,20,30H,13H2,1-8H3,(H3,23,24,25)/q+1/b26-14-. The third kappa shape index (κ3) is 5.68. The molecule has 10 heteroatoms. The zero-order valence-corrected chi connectivity index (χ0v) is 20.2. The Morgan fingerprint density at radius 2 is 1.72 bits per heavy atom. The summed E-state index contributed by atoms with van der Waals surface area (Å²) in [5.74, 6) is -0.266. The molecule has 0 bridgehead atoms. The van der Waals surface area contributed by atoms with Crippen molar-refractivity contribution in [3.05, 3.63) is 56.9 Å². The first kappa shape index (κ1) is 25.0. The van der Waals surface area contributed by atoms with E-state index in [4.69, 9.17) is 5.73 Å². The van der Waals surface area contributed by atoms with E-state index in [2.05, 4.69) is 70.2 Å². The Morgan fingerprint density at radius 3 is 2.19 bits per heavy atom. The molecule has 4 N–H and O–H groups in total. The number of aliphatic imine (C=N–C) groups is 1. The van der Waals surface area contributed by atoms with Crippen molar-refractivity contribution in [3.8, 4) is 0 Å². The Labute approximate surface area is 189 Å². The van der Waals surface area contributed by atoms with Gasteiger partial charge in [0.15, 0.2) is 5.03 Å². The van der Waals surface area contributed by atoms with Crippen LogP contribution in [0.25, 0.3) is 0 Å². The van der Waals surface area contributed by atoms with Gasteiger partial charge in [-0.15, -0.1) is 0 Å². The highest BCUT2D eigenvalue weighted by Crippen LogP contribution is 2.39. The summed E-state index contributed by atoms with van der Waals surface area (Å²) in [6.45, 7) is 17.1. The largest absolute Gasteiger partial charge is 0.365 e. The van der Waals surface area contributed by atoms with Crippen molar-refractivity contribution in [2.24, 2.45) is 10.7 Å². The predicted octanol–water partition coefficient (Wildman–Crippen LogP) is 2.85. The van der Waals surface area contributed by atoms with Crippen molar-refractivity contribution in [1.82, 2.24) is 15.2 Å². The van der Waals surface area contributed by atoms with E-state index in [-0.39, 0.29) is 23.6 Å². The molecule has 176 valence electrons. The molecular formula is C22H36N7O3+. The normalized spacial score (nSPS) is 16.8. The maximum Gasteiger partial charge on any atom is 0.359 e. The van der Waals surface area contributed by atoms with Crippen molar-refractivity contribution >= 4 is 12.2 Å². The first-order chi connectivity index (χ1) is 14.6. The summed E-state index contributed by atoms with van der Waals surface area (Å²) in [6, 6.07) is 7.42. The van der Waals surface area contributed by atoms with Gasteiger partial charge in [0.2, 0.25) is 6.21 Å². The minimum atomic E-state index is -0.756. The van der Waals surface area contributed by atoms with Gasteiger partial charge in [-0.3, -0.25) is 15.0 Å². The average molecular weight is 447 g/mol. The monoisotopic (exact) mass is 446 g/mol. The molecule has 1 aliphatic rings. The number of benzene rings is 1. The zero-order chi connectivity index (χ0) is 24.4. The molecule has 0 atom stereocenters. The molecule has 2 rings (SSSR count). The van der Waals surface area contributed by atoms with Gasteiger partial charge in [0.1, 0.15) is 0 Å². The highest BCUT2D eigenvalue weighted by molar-refractivity contribution is 5.77. The number of nitro groups is 1. The van der Waals surface area contributed by atoms with Crippen LogP contribution in [-0.4, -0.2) is 54.3 Å². The molecule has 0 radical (unpaired) electrons. The number of hydrogen-bond donors (Lipinski definition) is 3. The van der Waals surface area contributed by atoms with Gasteiger partial charge in [0.25, 0.3) is 5.96 Å². The fourth-order valence-electron chi connectivity index (χ4n) is 4.04. The van der Waals surface area contributed by atoms with E-state index in [1.54, 1.807) is 6.21 Å². The van der Waals surface area contributed by atoms with Gasteiger partial charge >= 0.3 is 6.29 Å². The van der Waals surface area contributed by atoms with Crippen molar-refractivity contribution < 1.29 is 15.0 Å². The van der Waals surface area contributed by atoms with Crippen LogP contribution in [0.5, 0.6) is 0 Å². The number of allylic oxidation sites excluding steroid dienone is 2. The summed E-state index contributed by atoms with van der Waals surface area (Å²) in [5, 5.41) is 20.9. The topological polar surface area (TPSA) is 123 Å². The fraction of sp³-hybridized carbons (Fsp3) is 0.545. The number of hydrogen-bond acceptors (Lipinski definition) is 6. The lowest BCUT2D eigenvalue weighted by atomic mass is 10.0. The van der Waals surface area contributed by atoms with Crippen molar-refractivity contribution in [1.29, 1.82) is 0 Å². The molecule has 0 aromatic heterocycles. The van der Waals surface area contributed by atoms with Crippen molar-refractivity contribution in [3.63, 3.8) is 0 Å². The molecule has 0 amide bonds. The second-order valence-corrected chi connectivity index (χ2v) is 9.92. The third-order valence-corrected chi connectivity index (χ3v) is 5.26. The van der Waals surface area contributed by atoms with Crippen LogP contribution in [0.1, 0.15) is 66.5 Å². The number of nitrogens with one attached hydrogen (secondary N) is 1. The minimum absolute atomic E-state index is 0.172. The molecule has 0 fully saturated rings. The molecule has 1 aliphatic heterocycles. The number of nitrogens with zero attached hydrogens (tertiary/aromatic N) is 5. The summed E-state index contributed by atoms with van der Waals surface area (Å²) in [5.41, 5.74) is 10.7. The Bertz CT molecular complexity index is 925. The van der Waals surface area contributed by atoms with Gasteiger partial charge in [0.05, 0.1) is 6.54 Å². The van der Waals surface area contributed by atoms with Crippen LogP contribution < -0.4 is 11.2 Å². The van der Waals surface area contributed by atoms with Crippen LogP contribution in [0.4, 0.5) is 0 Å². The summed E-state index contributed by atoms with van der Waals surface area (Å²) >= 11 is 0. The lowest BCUT2D eigenvalue weighted by Crippen LogP contribution is -2.58. The molecule has 0 saturated heterocycles. The second-order valence-electron chi connectivity index (χ2n) is 9.92. The second kappa shape index (κ2) is 9.05. The number of nitrogens with two attached hydrogens (primary N) is 1. The van der Waals surface area contributed by atoms with E-state index >= 15 is 0 Å². The average Bonchev–Trinajstić information content (AvgIpc) is 2.91. The number of guanidine groups is 1. The van der Waals surface area contributed by atoms with E-state index in [1.165, 1.54) is 4.74 Å². The number of rotatable bonds is 5. The highest BCUT2D eigenvalue weighted by Gasteiger charge is 2.51. The van der Waals surface area contributed by atoms with E-state index in [0.29, 0.717) is 0 Å². The van der Waals surface area contributed by atoms with Crippen LogP contribution in [0.15, 0.2) is 40.7 Å². The Hall–Kier alpha value is -3.30. The smallest absolute Gasteiger partial charge is 0.359 e. The van der Waals surface area contributed by atoms with Gasteiger partial charge < -0.3 is 5.73 Å². The molecule has 0 saturated carbocycles. The van der Waals surface area contributed by atoms with Crippen LogP contribution in [0.2, 0.25) is 0 Å². The molecule has 32 heavy (non-hydrogen) atoms. The van der Waals surface area contributed by atoms with Crippen molar-refractivity contribution in [2.75, 3.05) is 0 Å². The van der Waals surface area contributed by atoms with Crippen LogP contribution in [-0.2, 0) is 6.54 Å². The Morgan fingerprint density at radius 1 is 1.19 bits per heavy atom. The van der Waals surface area contributed by atoms with Crippen molar-refractivity contribution in [2.45, 2.75) is 79.3 Å². The van der Waals surface area contributed by atoms with Gasteiger partial charge in [0, 0.05) is 32.8 Å².